The van der Waals surface area contributed by atoms with Gasteiger partial charge in [-0.25, -0.2) is 0 Å². The van der Waals surface area contributed by atoms with E-state index in [0.29, 0.717) is 5.92 Å². The minimum atomic E-state index is 0. The van der Waals surface area contributed by atoms with Crippen LogP contribution in [0.3, 0.4) is 0 Å². The molecule has 2 aliphatic rings. The molecule has 115 valence electrons. The van der Waals surface area contributed by atoms with Gasteiger partial charge in [0.1, 0.15) is 0 Å². The average molecular weight is 507 g/mol. The van der Waals surface area contributed by atoms with Gasteiger partial charge in [0.05, 0.1) is 0 Å². The molecule has 0 amide bonds. The molecule has 0 aliphatic heterocycles. The molecule has 0 bridgehead atoms. The van der Waals surface area contributed by atoms with Gasteiger partial charge >= 0.3 is 141 Å². The van der Waals surface area contributed by atoms with Crippen LogP contribution in [0.5, 0.6) is 0 Å². The molecule has 4 rings (SSSR count). The van der Waals surface area contributed by atoms with Crippen molar-refractivity contribution in [3.05, 3.63) is 89.0 Å². The summed E-state index contributed by atoms with van der Waals surface area (Å²) in [5.41, 5.74) is 7.29. The van der Waals surface area contributed by atoms with Gasteiger partial charge in [-0.1, -0.05) is 0 Å². The molecule has 3 heteroatoms. The molecule has 0 nitrogen and oxygen atoms in total. The molecule has 0 spiro atoms. The molecule has 1 unspecified atom stereocenters. The van der Waals surface area contributed by atoms with Crippen molar-refractivity contribution < 1.29 is 24.4 Å². The van der Waals surface area contributed by atoms with Crippen LogP contribution < -0.4 is 3.32 Å². The molecule has 2 aromatic carbocycles. The fraction of sp³-hybridized carbons (Fsp3) is 0.100. The average Bonchev–Trinajstić information content (AvgIpc) is 3.14. The number of rotatable bonds is 2. The van der Waals surface area contributed by atoms with E-state index < -0.39 is 0 Å². The second kappa shape index (κ2) is 7.79. The summed E-state index contributed by atoms with van der Waals surface area (Å²) in [4.78, 5) is 0. The Morgan fingerprint density at radius 2 is 1.61 bits per heavy atom. The number of benzene rings is 2. The first-order valence-electron chi connectivity index (χ1n) is 7.31. The first-order valence-corrected chi connectivity index (χ1v) is 9.10. The van der Waals surface area contributed by atoms with Crippen molar-refractivity contribution in [2.75, 3.05) is 0 Å². The minimum absolute atomic E-state index is 0. The molecule has 0 radical (unpaired) electrons. The molecule has 0 saturated heterocycles. The van der Waals surface area contributed by atoms with Crippen LogP contribution in [-0.4, -0.2) is 0 Å². The van der Waals surface area contributed by atoms with Crippen molar-refractivity contribution in [2.24, 2.45) is 0 Å². The zero-order valence-electron chi connectivity index (χ0n) is 12.5. The van der Waals surface area contributed by atoms with Crippen LogP contribution in [0.2, 0.25) is 0 Å². The Hall–Kier alpha value is -0.890. The number of halogens is 2. The van der Waals surface area contributed by atoms with Gasteiger partial charge in [0, 0.05) is 0 Å². The van der Waals surface area contributed by atoms with Crippen molar-refractivity contribution in [1.29, 1.82) is 0 Å². The van der Waals surface area contributed by atoms with Gasteiger partial charge in [0.25, 0.3) is 0 Å². The number of hydrogen-bond donors (Lipinski definition) is 0. The van der Waals surface area contributed by atoms with E-state index in [1.54, 1.807) is 0 Å². The molecule has 2 aliphatic carbocycles. The van der Waals surface area contributed by atoms with Gasteiger partial charge in [-0.15, -0.1) is 24.8 Å². The second-order valence-corrected chi connectivity index (χ2v) is 7.56. The molecular weight excluding hydrogens is 490 g/mol. The molecule has 2 aromatic rings. The number of fused-ring (bicyclic) bond motifs is 1. The van der Waals surface area contributed by atoms with Crippen molar-refractivity contribution >= 4 is 39.8 Å². The molecule has 1 atom stereocenters. The SMILES string of the molecule is Cl.Cl.[Hf][c]1ccccc1C1=CC=C(C2C=Cc3ccccc32)C1. The first kappa shape index (κ1) is 18.4. The van der Waals surface area contributed by atoms with Crippen molar-refractivity contribution in [3.63, 3.8) is 0 Å². The fourth-order valence-electron chi connectivity index (χ4n) is 3.28. The fourth-order valence-corrected chi connectivity index (χ4v) is 4.50. The van der Waals surface area contributed by atoms with Gasteiger partial charge in [-0.3, -0.25) is 0 Å². The Bertz CT molecular complexity index is 803. The third kappa shape index (κ3) is 3.47. The van der Waals surface area contributed by atoms with Crippen molar-refractivity contribution in [2.45, 2.75) is 12.3 Å². The van der Waals surface area contributed by atoms with E-state index in [4.69, 9.17) is 0 Å². The van der Waals surface area contributed by atoms with Gasteiger partial charge in [-0.05, 0) is 0 Å². The summed E-state index contributed by atoms with van der Waals surface area (Å²) in [5.74, 6) is 0.469. The third-order valence-corrected chi connectivity index (χ3v) is 5.93. The van der Waals surface area contributed by atoms with E-state index in [0.717, 1.165) is 30.8 Å². The van der Waals surface area contributed by atoms with Crippen LogP contribution in [0.1, 0.15) is 29.0 Å². The number of allylic oxidation sites excluding steroid dienone is 5. The van der Waals surface area contributed by atoms with E-state index in [1.165, 1.54) is 31.2 Å². The predicted octanol–water partition coefficient (Wildman–Crippen LogP) is 5.23. The Kier molecular flexibility index (Phi) is 6.25. The summed E-state index contributed by atoms with van der Waals surface area (Å²) < 4.78 is 1.50. The molecule has 0 heterocycles. The maximum absolute atomic E-state index is 2.35. The molecular formula is C20H17Cl2Hf. The summed E-state index contributed by atoms with van der Waals surface area (Å²) in [6.07, 6.45) is 10.4. The van der Waals surface area contributed by atoms with Crippen LogP contribution in [-0.2, 0) is 24.4 Å². The Morgan fingerprint density at radius 1 is 0.870 bits per heavy atom. The van der Waals surface area contributed by atoms with E-state index in [9.17, 15) is 0 Å². The molecule has 0 fully saturated rings. The summed E-state index contributed by atoms with van der Waals surface area (Å²) in [5, 5.41) is 0. The van der Waals surface area contributed by atoms with Gasteiger partial charge in [0.2, 0.25) is 0 Å². The van der Waals surface area contributed by atoms with Crippen molar-refractivity contribution in [3.8, 4) is 0 Å². The maximum atomic E-state index is 2.35. The Morgan fingerprint density at radius 3 is 2.43 bits per heavy atom. The zero-order chi connectivity index (χ0) is 14.2. The molecule has 0 saturated carbocycles. The van der Waals surface area contributed by atoms with Crippen LogP contribution in [0.4, 0.5) is 0 Å². The Labute approximate surface area is 164 Å². The predicted molar refractivity (Wildman–Crippen MR) is 99.5 cm³/mol. The monoisotopic (exact) mass is 507 g/mol. The standard InChI is InChI=1S/C20H15.2ClH.Hf/c1-2-6-15(7-3-1)17-10-11-18(14-17)20-13-12-16-8-4-5-9-19(16)20;;;/h1-6,8-13,20H,14H2;2*1H;. The Balaban J connectivity index is 0.000000960. The van der Waals surface area contributed by atoms with Crippen LogP contribution >= 0.6 is 24.8 Å². The van der Waals surface area contributed by atoms with Crippen LogP contribution in [0, 0.1) is 0 Å². The van der Waals surface area contributed by atoms with Gasteiger partial charge in [-0.2, -0.15) is 0 Å². The summed E-state index contributed by atoms with van der Waals surface area (Å²) in [7, 11) is 0. The normalized spacial score (nSPS) is 17.6. The summed E-state index contributed by atoms with van der Waals surface area (Å²) in [6.45, 7) is 0. The van der Waals surface area contributed by atoms with E-state index in [-0.39, 0.29) is 24.8 Å². The summed E-state index contributed by atoms with van der Waals surface area (Å²) in [6, 6.07) is 17.6. The molecule has 23 heavy (non-hydrogen) atoms. The van der Waals surface area contributed by atoms with Gasteiger partial charge < -0.3 is 0 Å². The third-order valence-electron chi connectivity index (χ3n) is 4.36. The van der Waals surface area contributed by atoms with Crippen LogP contribution in [0.25, 0.3) is 11.6 Å². The number of hydrogen-bond acceptors (Lipinski definition) is 0. The van der Waals surface area contributed by atoms with E-state index in [1.807, 2.05) is 0 Å². The second-order valence-electron chi connectivity index (χ2n) is 5.62. The summed E-state index contributed by atoms with van der Waals surface area (Å²) >= 11 is 1.11. The van der Waals surface area contributed by atoms with E-state index >= 15 is 0 Å². The molecule has 0 N–H and O–H groups in total. The van der Waals surface area contributed by atoms with Gasteiger partial charge in [0.15, 0.2) is 0 Å². The first-order chi connectivity index (χ1) is 10.3. The van der Waals surface area contributed by atoms with Crippen molar-refractivity contribution in [1.82, 2.24) is 0 Å². The molecule has 0 aromatic heterocycles. The zero-order valence-corrected chi connectivity index (χ0v) is 17.8. The van der Waals surface area contributed by atoms with Crippen LogP contribution in [0.15, 0.2) is 72.3 Å². The topological polar surface area (TPSA) is 0 Å². The quantitative estimate of drug-likeness (QED) is 0.490. The van der Waals surface area contributed by atoms with E-state index in [2.05, 4.69) is 72.8 Å².